The molecule has 1 heterocycles. The standard InChI is InChI=1S/C21H27NO/c1-16-10-11-19-17(2)15-21(3,4)22(20(19)14-16)12-13-23-18-8-6-5-7-9-18/h5-11,14,17H,12-13,15H2,1-4H3. The topological polar surface area (TPSA) is 12.5 Å². The van der Waals surface area contributed by atoms with Gasteiger partial charge in [0, 0.05) is 11.2 Å². The molecule has 122 valence electrons. The molecule has 1 unspecified atom stereocenters. The first-order valence-electron chi connectivity index (χ1n) is 8.53. The summed E-state index contributed by atoms with van der Waals surface area (Å²) in [5.41, 5.74) is 4.32. The Morgan fingerprint density at radius 3 is 2.61 bits per heavy atom. The molecule has 2 aromatic carbocycles. The minimum absolute atomic E-state index is 0.153. The highest BCUT2D eigenvalue weighted by Crippen LogP contribution is 2.43. The van der Waals surface area contributed by atoms with Gasteiger partial charge in [0.05, 0.1) is 6.54 Å². The molecule has 2 aromatic rings. The summed E-state index contributed by atoms with van der Waals surface area (Å²) in [5.74, 6) is 1.55. The molecule has 0 spiro atoms. The normalized spacial score (nSPS) is 19.3. The van der Waals surface area contributed by atoms with E-state index < -0.39 is 0 Å². The van der Waals surface area contributed by atoms with Gasteiger partial charge in [0.25, 0.3) is 0 Å². The van der Waals surface area contributed by atoms with Gasteiger partial charge in [-0.1, -0.05) is 37.3 Å². The fourth-order valence-corrected chi connectivity index (χ4v) is 3.79. The second-order valence-corrected chi connectivity index (χ2v) is 7.29. The number of para-hydroxylation sites is 1. The third-order valence-corrected chi connectivity index (χ3v) is 4.87. The fourth-order valence-electron chi connectivity index (χ4n) is 3.79. The first kappa shape index (κ1) is 15.9. The summed E-state index contributed by atoms with van der Waals surface area (Å²) in [7, 11) is 0. The van der Waals surface area contributed by atoms with E-state index in [1.54, 1.807) is 0 Å². The number of nitrogens with zero attached hydrogens (tertiary/aromatic N) is 1. The quantitative estimate of drug-likeness (QED) is 0.773. The Labute approximate surface area is 140 Å². The highest BCUT2D eigenvalue weighted by atomic mass is 16.5. The molecule has 0 saturated heterocycles. The van der Waals surface area contributed by atoms with Crippen molar-refractivity contribution in [1.29, 1.82) is 0 Å². The summed E-state index contributed by atoms with van der Waals surface area (Å²) < 4.78 is 5.93. The van der Waals surface area contributed by atoms with Crippen LogP contribution in [-0.2, 0) is 0 Å². The smallest absolute Gasteiger partial charge is 0.119 e. The maximum absolute atomic E-state index is 5.93. The van der Waals surface area contributed by atoms with Crippen LogP contribution >= 0.6 is 0 Å². The maximum atomic E-state index is 5.93. The van der Waals surface area contributed by atoms with Crippen molar-refractivity contribution in [1.82, 2.24) is 0 Å². The molecule has 0 N–H and O–H groups in total. The highest BCUT2D eigenvalue weighted by Gasteiger charge is 2.36. The number of hydrogen-bond acceptors (Lipinski definition) is 2. The second-order valence-electron chi connectivity index (χ2n) is 7.29. The Hall–Kier alpha value is -1.96. The average Bonchev–Trinajstić information content (AvgIpc) is 2.50. The van der Waals surface area contributed by atoms with E-state index in [0.29, 0.717) is 12.5 Å². The van der Waals surface area contributed by atoms with E-state index >= 15 is 0 Å². The Morgan fingerprint density at radius 2 is 1.87 bits per heavy atom. The zero-order chi connectivity index (χ0) is 16.4. The number of rotatable bonds is 4. The molecule has 23 heavy (non-hydrogen) atoms. The van der Waals surface area contributed by atoms with Crippen molar-refractivity contribution in [3.8, 4) is 5.75 Å². The van der Waals surface area contributed by atoms with Gasteiger partial charge < -0.3 is 9.64 Å². The van der Waals surface area contributed by atoms with Crippen LogP contribution < -0.4 is 9.64 Å². The van der Waals surface area contributed by atoms with Gasteiger partial charge in [-0.05, 0) is 62.4 Å². The van der Waals surface area contributed by atoms with Crippen LogP contribution in [0.3, 0.4) is 0 Å². The van der Waals surface area contributed by atoms with Crippen molar-refractivity contribution in [2.75, 3.05) is 18.1 Å². The molecule has 1 aliphatic heterocycles. The van der Waals surface area contributed by atoms with Gasteiger partial charge in [0.1, 0.15) is 12.4 Å². The predicted molar refractivity (Wildman–Crippen MR) is 97.6 cm³/mol. The monoisotopic (exact) mass is 309 g/mol. The van der Waals surface area contributed by atoms with Gasteiger partial charge in [-0.2, -0.15) is 0 Å². The van der Waals surface area contributed by atoms with Crippen molar-refractivity contribution >= 4 is 5.69 Å². The highest BCUT2D eigenvalue weighted by molar-refractivity contribution is 5.60. The number of anilines is 1. The number of ether oxygens (including phenoxy) is 1. The molecule has 0 aliphatic carbocycles. The number of aryl methyl sites for hydroxylation is 1. The third-order valence-electron chi connectivity index (χ3n) is 4.87. The molecule has 0 radical (unpaired) electrons. The first-order chi connectivity index (χ1) is 11.0. The molecule has 1 aliphatic rings. The van der Waals surface area contributed by atoms with Gasteiger partial charge in [-0.15, -0.1) is 0 Å². The predicted octanol–water partition coefficient (Wildman–Crippen LogP) is 5.17. The molecule has 0 bridgehead atoms. The molecule has 0 aromatic heterocycles. The van der Waals surface area contributed by atoms with Crippen molar-refractivity contribution in [3.05, 3.63) is 59.7 Å². The maximum Gasteiger partial charge on any atom is 0.119 e. The van der Waals surface area contributed by atoms with Crippen LogP contribution in [0.4, 0.5) is 5.69 Å². The SMILES string of the molecule is Cc1ccc2c(c1)N(CCOc1ccccc1)C(C)(C)CC2C. The van der Waals surface area contributed by atoms with Gasteiger partial charge in [0.15, 0.2) is 0 Å². The Balaban J connectivity index is 1.79. The van der Waals surface area contributed by atoms with Crippen LogP contribution in [0.15, 0.2) is 48.5 Å². The lowest BCUT2D eigenvalue weighted by molar-refractivity contribution is 0.294. The lowest BCUT2D eigenvalue weighted by Gasteiger charge is -2.47. The largest absolute Gasteiger partial charge is 0.492 e. The van der Waals surface area contributed by atoms with Gasteiger partial charge in [-0.3, -0.25) is 0 Å². The van der Waals surface area contributed by atoms with Crippen LogP contribution in [0.1, 0.15) is 44.2 Å². The number of fused-ring (bicyclic) bond motifs is 1. The lowest BCUT2D eigenvalue weighted by atomic mass is 9.80. The second kappa shape index (κ2) is 6.27. The minimum Gasteiger partial charge on any atom is -0.492 e. The van der Waals surface area contributed by atoms with Crippen molar-refractivity contribution in [2.24, 2.45) is 0 Å². The van der Waals surface area contributed by atoms with Crippen molar-refractivity contribution < 1.29 is 4.74 Å². The van der Waals surface area contributed by atoms with E-state index in [0.717, 1.165) is 12.3 Å². The minimum atomic E-state index is 0.153. The van der Waals surface area contributed by atoms with E-state index in [1.807, 2.05) is 30.3 Å². The molecule has 0 saturated carbocycles. The van der Waals surface area contributed by atoms with Gasteiger partial charge in [0.2, 0.25) is 0 Å². The lowest BCUT2D eigenvalue weighted by Crippen LogP contribution is -2.50. The molecule has 0 fully saturated rings. The molecular formula is C21H27NO. The number of benzene rings is 2. The zero-order valence-corrected chi connectivity index (χ0v) is 14.7. The molecule has 0 amide bonds. The molecule has 2 nitrogen and oxygen atoms in total. The van der Waals surface area contributed by atoms with E-state index in [-0.39, 0.29) is 5.54 Å². The zero-order valence-electron chi connectivity index (χ0n) is 14.7. The summed E-state index contributed by atoms with van der Waals surface area (Å²) in [4.78, 5) is 2.53. The van der Waals surface area contributed by atoms with Gasteiger partial charge in [-0.25, -0.2) is 0 Å². The van der Waals surface area contributed by atoms with Crippen LogP contribution in [0, 0.1) is 6.92 Å². The van der Waals surface area contributed by atoms with E-state index in [4.69, 9.17) is 4.74 Å². The summed E-state index contributed by atoms with van der Waals surface area (Å²) in [6.45, 7) is 10.8. The Morgan fingerprint density at radius 1 is 1.13 bits per heavy atom. The summed E-state index contributed by atoms with van der Waals surface area (Å²) in [6.07, 6.45) is 1.17. The van der Waals surface area contributed by atoms with E-state index in [2.05, 4.69) is 50.8 Å². The fraction of sp³-hybridized carbons (Fsp3) is 0.429. The Bertz CT molecular complexity index is 663. The molecular weight excluding hydrogens is 282 g/mol. The van der Waals surface area contributed by atoms with Crippen molar-refractivity contribution in [2.45, 2.75) is 45.6 Å². The molecule has 2 heteroatoms. The van der Waals surface area contributed by atoms with Gasteiger partial charge >= 0.3 is 0 Å². The van der Waals surface area contributed by atoms with Crippen LogP contribution in [-0.4, -0.2) is 18.7 Å². The Kier molecular flexibility index (Phi) is 4.34. The number of hydrogen-bond donors (Lipinski definition) is 0. The summed E-state index contributed by atoms with van der Waals surface area (Å²) >= 11 is 0. The summed E-state index contributed by atoms with van der Waals surface area (Å²) in [6, 6.07) is 16.9. The summed E-state index contributed by atoms with van der Waals surface area (Å²) in [5, 5.41) is 0. The van der Waals surface area contributed by atoms with Crippen molar-refractivity contribution in [3.63, 3.8) is 0 Å². The van der Waals surface area contributed by atoms with E-state index in [9.17, 15) is 0 Å². The van der Waals surface area contributed by atoms with Crippen LogP contribution in [0.5, 0.6) is 5.75 Å². The molecule has 1 atom stereocenters. The van der Waals surface area contributed by atoms with Crippen LogP contribution in [0.25, 0.3) is 0 Å². The van der Waals surface area contributed by atoms with E-state index in [1.165, 1.54) is 23.2 Å². The third kappa shape index (κ3) is 3.36. The first-order valence-corrected chi connectivity index (χ1v) is 8.53. The van der Waals surface area contributed by atoms with Crippen LogP contribution in [0.2, 0.25) is 0 Å². The molecule has 3 rings (SSSR count). The average molecular weight is 309 g/mol.